The Morgan fingerprint density at radius 2 is 2.05 bits per heavy atom. The Kier molecular flexibility index (Phi) is 9.00. The summed E-state index contributed by atoms with van der Waals surface area (Å²) in [5.41, 5.74) is -0.457. The largest absolute Gasteiger partial charge is 0.444 e. The number of likely N-dealkylation sites (tertiary alicyclic amines) is 1. The second-order valence-electron chi connectivity index (χ2n) is 5.91. The molecule has 0 bridgehead atoms. The Labute approximate surface area is 145 Å². The first-order chi connectivity index (χ1) is 9.35. The lowest BCUT2D eigenvalue weighted by atomic mass is 10.2. The number of amides is 1. The van der Waals surface area contributed by atoms with Crippen molar-refractivity contribution >= 4 is 36.0 Å². The highest BCUT2D eigenvalue weighted by Gasteiger charge is 2.27. The maximum Gasteiger partial charge on any atom is 0.407 e. The Bertz CT molecular complexity index is 355. The van der Waals surface area contributed by atoms with Crippen LogP contribution in [0.2, 0.25) is 0 Å². The van der Waals surface area contributed by atoms with Crippen LogP contribution in [0, 0.1) is 0 Å². The minimum absolute atomic E-state index is 0. The van der Waals surface area contributed by atoms with Gasteiger partial charge in [0.1, 0.15) is 5.60 Å². The first-order valence-electron chi connectivity index (χ1n) is 7.38. The number of alkyl carbamates (subject to hydrolysis) is 1. The number of halogens is 1. The SMILES string of the molecule is CCN=C(NCC)N1CCC(NC(=O)OC(C)(C)C)C1.I. The van der Waals surface area contributed by atoms with E-state index in [4.69, 9.17) is 4.74 Å². The Morgan fingerprint density at radius 1 is 1.38 bits per heavy atom. The lowest BCUT2D eigenvalue weighted by Gasteiger charge is -2.23. The van der Waals surface area contributed by atoms with Crippen molar-refractivity contribution in [3.8, 4) is 0 Å². The predicted molar refractivity (Wildman–Crippen MR) is 96.4 cm³/mol. The molecule has 1 heterocycles. The molecule has 2 N–H and O–H groups in total. The number of nitrogens with zero attached hydrogens (tertiary/aromatic N) is 2. The Balaban J connectivity index is 0.00000400. The highest BCUT2D eigenvalue weighted by atomic mass is 127. The van der Waals surface area contributed by atoms with E-state index >= 15 is 0 Å². The second-order valence-corrected chi connectivity index (χ2v) is 5.91. The zero-order valence-corrected chi connectivity index (χ0v) is 16.1. The van der Waals surface area contributed by atoms with Crippen LogP contribution in [0.5, 0.6) is 0 Å². The van der Waals surface area contributed by atoms with E-state index in [2.05, 4.69) is 27.4 Å². The minimum Gasteiger partial charge on any atom is -0.444 e. The third-order valence-corrected chi connectivity index (χ3v) is 2.85. The summed E-state index contributed by atoms with van der Waals surface area (Å²) >= 11 is 0. The van der Waals surface area contributed by atoms with Crippen LogP contribution in [-0.2, 0) is 4.74 Å². The molecule has 1 amide bonds. The van der Waals surface area contributed by atoms with Crippen LogP contribution in [0.3, 0.4) is 0 Å². The van der Waals surface area contributed by atoms with Gasteiger partial charge in [-0.15, -0.1) is 24.0 Å². The van der Waals surface area contributed by atoms with Crippen LogP contribution in [0.15, 0.2) is 4.99 Å². The van der Waals surface area contributed by atoms with E-state index in [0.29, 0.717) is 0 Å². The van der Waals surface area contributed by atoms with Crippen molar-refractivity contribution in [2.24, 2.45) is 4.99 Å². The summed E-state index contributed by atoms with van der Waals surface area (Å²) in [6, 6.07) is 0.116. The first kappa shape index (κ1) is 20.3. The summed E-state index contributed by atoms with van der Waals surface area (Å²) in [6.45, 7) is 12.9. The molecular weight excluding hydrogens is 383 g/mol. The average molecular weight is 412 g/mol. The fourth-order valence-electron chi connectivity index (χ4n) is 2.12. The zero-order valence-electron chi connectivity index (χ0n) is 13.7. The van der Waals surface area contributed by atoms with Crippen LogP contribution >= 0.6 is 24.0 Å². The molecule has 1 rings (SSSR count). The van der Waals surface area contributed by atoms with Crippen molar-refractivity contribution < 1.29 is 9.53 Å². The summed E-state index contributed by atoms with van der Waals surface area (Å²) < 4.78 is 5.28. The summed E-state index contributed by atoms with van der Waals surface area (Å²) in [7, 11) is 0. The maximum atomic E-state index is 11.7. The number of carbonyl (C=O) groups excluding carboxylic acids is 1. The highest BCUT2D eigenvalue weighted by Crippen LogP contribution is 2.12. The van der Waals surface area contributed by atoms with Gasteiger partial charge in [0.05, 0.1) is 6.04 Å². The minimum atomic E-state index is -0.457. The van der Waals surface area contributed by atoms with Crippen molar-refractivity contribution in [3.05, 3.63) is 0 Å². The van der Waals surface area contributed by atoms with Crippen LogP contribution < -0.4 is 10.6 Å². The van der Waals surface area contributed by atoms with Gasteiger partial charge in [0, 0.05) is 26.2 Å². The molecule has 0 aromatic carbocycles. The Hall–Kier alpha value is -0.730. The van der Waals surface area contributed by atoms with Gasteiger partial charge in [0.25, 0.3) is 0 Å². The van der Waals surface area contributed by atoms with Gasteiger partial charge >= 0.3 is 6.09 Å². The standard InChI is InChI=1S/C14H28N4O2.HI/c1-6-15-12(16-7-2)18-9-8-11(10-18)17-13(19)20-14(3,4)5;/h11H,6-10H2,1-5H3,(H,15,16)(H,17,19);1H. The van der Waals surface area contributed by atoms with Crippen molar-refractivity contribution in [2.75, 3.05) is 26.2 Å². The molecule has 1 aliphatic heterocycles. The summed E-state index contributed by atoms with van der Waals surface area (Å²) in [5, 5.41) is 6.19. The molecular formula is C14H29IN4O2. The lowest BCUT2D eigenvalue weighted by molar-refractivity contribution is 0.0507. The van der Waals surface area contributed by atoms with Gasteiger partial charge in [0.15, 0.2) is 5.96 Å². The van der Waals surface area contributed by atoms with E-state index in [-0.39, 0.29) is 36.1 Å². The number of rotatable bonds is 3. The molecule has 1 fully saturated rings. The van der Waals surface area contributed by atoms with Gasteiger partial charge in [0.2, 0.25) is 0 Å². The van der Waals surface area contributed by atoms with Crippen LogP contribution in [-0.4, -0.2) is 54.8 Å². The summed E-state index contributed by atoms with van der Waals surface area (Å²) in [5.74, 6) is 0.920. The quantitative estimate of drug-likeness (QED) is 0.424. The summed E-state index contributed by atoms with van der Waals surface area (Å²) in [4.78, 5) is 18.4. The number of hydrogen-bond acceptors (Lipinski definition) is 3. The van der Waals surface area contributed by atoms with Crippen LogP contribution in [0.25, 0.3) is 0 Å². The smallest absolute Gasteiger partial charge is 0.407 e. The molecule has 7 heteroatoms. The molecule has 0 aromatic rings. The van der Waals surface area contributed by atoms with E-state index in [0.717, 1.165) is 38.6 Å². The third kappa shape index (κ3) is 7.73. The van der Waals surface area contributed by atoms with Crippen LogP contribution in [0.1, 0.15) is 41.0 Å². The van der Waals surface area contributed by atoms with E-state index in [1.807, 2.05) is 27.7 Å². The molecule has 0 spiro atoms. The number of aliphatic imine (C=N–C) groups is 1. The first-order valence-corrected chi connectivity index (χ1v) is 7.38. The number of nitrogens with one attached hydrogen (secondary N) is 2. The van der Waals surface area contributed by atoms with Gasteiger partial charge in [-0.2, -0.15) is 0 Å². The number of guanidine groups is 1. The average Bonchev–Trinajstić information content (AvgIpc) is 2.74. The van der Waals surface area contributed by atoms with Gasteiger partial charge in [-0.1, -0.05) is 0 Å². The van der Waals surface area contributed by atoms with E-state index in [1.54, 1.807) is 0 Å². The normalized spacial score (nSPS) is 19.0. The van der Waals surface area contributed by atoms with E-state index < -0.39 is 5.60 Å². The molecule has 1 atom stereocenters. The number of hydrogen-bond donors (Lipinski definition) is 2. The molecule has 1 unspecified atom stereocenters. The van der Waals surface area contributed by atoms with Gasteiger partial charge in [-0.3, -0.25) is 4.99 Å². The molecule has 0 aliphatic carbocycles. The molecule has 1 aliphatic rings. The topological polar surface area (TPSA) is 66.0 Å². The fraction of sp³-hybridized carbons (Fsp3) is 0.857. The highest BCUT2D eigenvalue weighted by molar-refractivity contribution is 14.0. The van der Waals surface area contributed by atoms with E-state index in [1.165, 1.54) is 0 Å². The molecule has 1 saturated heterocycles. The van der Waals surface area contributed by atoms with Crippen LogP contribution in [0.4, 0.5) is 4.79 Å². The molecule has 0 aromatic heterocycles. The number of carbonyl (C=O) groups is 1. The fourth-order valence-corrected chi connectivity index (χ4v) is 2.12. The zero-order chi connectivity index (χ0) is 15.2. The lowest BCUT2D eigenvalue weighted by Crippen LogP contribution is -2.44. The van der Waals surface area contributed by atoms with Crippen molar-refractivity contribution in [1.82, 2.24) is 15.5 Å². The summed E-state index contributed by atoms with van der Waals surface area (Å²) in [6.07, 6.45) is 0.565. The number of ether oxygens (including phenoxy) is 1. The second kappa shape index (κ2) is 9.32. The van der Waals surface area contributed by atoms with E-state index in [9.17, 15) is 4.79 Å². The Morgan fingerprint density at radius 3 is 2.57 bits per heavy atom. The monoisotopic (exact) mass is 412 g/mol. The van der Waals surface area contributed by atoms with Gasteiger partial charge in [-0.05, 0) is 41.0 Å². The van der Waals surface area contributed by atoms with Crippen molar-refractivity contribution in [2.45, 2.75) is 52.7 Å². The molecule has 0 saturated carbocycles. The van der Waals surface area contributed by atoms with Gasteiger partial charge in [-0.25, -0.2) is 4.79 Å². The molecule has 6 nitrogen and oxygen atoms in total. The maximum absolute atomic E-state index is 11.7. The third-order valence-electron chi connectivity index (χ3n) is 2.85. The molecule has 124 valence electrons. The van der Waals surface area contributed by atoms with Gasteiger partial charge < -0.3 is 20.3 Å². The van der Waals surface area contributed by atoms with Crippen molar-refractivity contribution in [3.63, 3.8) is 0 Å². The predicted octanol–water partition coefficient (Wildman–Crippen LogP) is 2.19. The molecule has 21 heavy (non-hydrogen) atoms. The van der Waals surface area contributed by atoms with Crippen molar-refractivity contribution in [1.29, 1.82) is 0 Å². The molecule has 0 radical (unpaired) electrons.